The lowest BCUT2D eigenvalue weighted by Crippen LogP contribution is -2.39. The number of phenols is 2. The standard InChI is InChI=1S/C57H63NO9S4/c1-29(2)20-33-24-38(41-27-69-70-28-42(58-34-13-4-3-5-14-34)32-11-6-10-30(21-32)22-37(41)51(33)62)55-54(65)53(64)50-46(67-55)26-44(61)49-39-23-31(12-8-18-59)35-15-7-16-36-47(35)48(39)40-25-45(66-56(49)50)43(60)17-9-19-68-71-57(36)52(40)63/h6-7,10-11,15-16,21,23-24,26,29,34,40,42-43,45,52,57-63,65H,3-5,8-9,12-14,17-20,22,25,27-28H2,1-2H3/t40-,42-,43+,45+,52-,57+/m0/s1. The zero-order chi connectivity index (χ0) is 49.1. The van der Waals surface area contributed by atoms with Gasteiger partial charge in [0.05, 0.1) is 23.0 Å². The minimum atomic E-state index is -0.977. The molecule has 5 aliphatic rings. The van der Waals surface area contributed by atoms with E-state index in [1.165, 1.54) is 43.7 Å². The quantitative estimate of drug-likeness (QED) is 0.0718. The topological polar surface area (TPSA) is 173 Å². The molecule has 14 heteroatoms. The lowest BCUT2D eigenvalue weighted by molar-refractivity contribution is 0.00975. The van der Waals surface area contributed by atoms with Crippen LogP contribution in [0.15, 0.2) is 69.9 Å². The van der Waals surface area contributed by atoms with Crippen molar-refractivity contribution in [3.63, 3.8) is 0 Å². The highest BCUT2D eigenvalue weighted by Gasteiger charge is 2.45. The van der Waals surface area contributed by atoms with E-state index in [1.54, 1.807) is 43.2 Å². The fraction of sp³-hybridized carbons (Fsp3) is 0.456. The van der Waals surface area contributed by atoms with Gasteiger partial charge in [-0.25, -0.2) is 0 Å². The van der Waals surface area contributed by atoms with Gasteiger partial charge in [-0.3, -0.25) is 4.79 Å². The van der Waals surface area contributed by atoms with E-state index >= 15 is 4.79 Å². The van der Waals surface area contributed by atoms with Gasteiger partial charge in [0.1, 0.15) is 34.3 Å². The van der Waals surface area contributed by atoms with E-state index < -0.39 is 35.4 Å². The zero-order valence-electron chi connectivity index (χ0n) is 40.2. The first kappa shape index (κ1) is 49.2. The summed E-state index contributed by atoms with van der Waals surface area (Å²) in [6, 6.07) is 20.7. The van der Waals surface area contributed by atoms with Gasteiger partial charge >= 0.3 is 0 Å². The highest BCUT2D eigenvalue weighted by atomic mass is 33.1. The number of fused-ring (bicyclic) bond motifs is 10. The lowest BCUT2D eigenvalue weighted by atomic mass is 9.71. The summed E-state index contributed by atoms with van der Waals surface area (Å²) < 4.78 is 13.7. The molecule has 10 nitrogen and oxygen atoms in total. The summed E-state index contributed by atoms with van der Waals surface area (Å²) in [6.45, 7) is 4.16. The van der Waals surface area contributed by atoms with Crippen LogP contribution in [0.1, 0.15) is 133 Å². The van der Waals surface area contributed by atoms with Crippen molar-refractivity contribution in [3.8, 4) is 45.4 Å². The Bertz CT molecular complexity index is 3060. The minimum absolute atomic E-state index is 0.00103. The molecule has 5 aromatic carbocycles. The van der Waals surface area contributed by atoms with Crippen LogP contribution < -0.4 is 15.5 Å². The van der Waals surface area contributed by atoms with Gasteiger partial charge in [-0.15, -0.1) is 0 Å². The summed E-state index contributed by atoms with van der Waals surface area (Å²) in [7, 11) is 6.77. The van der Waals surface area contributed by atoms with Crippen LogP contribution in [0.25, 0.3) is 44.2 Å². The van der Waals surface area contributed by atoms with Gasteiger partial charge in [0.15, 0.2) is 5.76 Å². The Morgan fingerprint density at radius 3 is 2.48 bits per heavy atom. The monoisotopic (exact) mass is 1030 g/mol. The third-order valence-electron chi connectivity index (χ3n) is 15.5. The number of aromatic hydroxyl groups is 3. The van der Waals surface area contributed by atoms with Crippen molar-refractivity contribution in [2.45, 2.75) is 138 Å². The Balaban J connectivity index is 1.11. The molecule has 6 aromatic rings. The molecule has 5 bridgehead atoms. The van der Waals surface area contributed by atoms with E-state index in [4.69, 9.17) is 9.15 Å². The average molecular weight is 1030 g/mol. The number of hydrogen-bond donors (Lipinski definition) is 7. The Hall–Kier alpha value is -3.99. The molecule has 7 N–H and O–H groups in total. The first-order valence-electron chi connectivity index (χ1n) is 25.5. The number of aliphatic hydroxyl groups excluding tert-OH is 3. The first-order chi connectivity index (χ1) is 34.5. The number of phenolic OH excluding ortho intramolecular Hbond substituents is 2. The highest BCUT2D eigenvalue weighted by molar-refractivity contribution is 8.77. The first-order valence-corrected chi connectivity index (χ1v) is 30.4. The molecular formula is C57H63NO9S4. The summed E-state index contributed by atoms with van der Waals surface area (Å²) in [5.41, 5.74) is 7.72. The molecule has 71 heavy (non-hydrogen) atoms. The predicted molar refractivity (Wildman–Crippen MR) is 291 cm³/mol. The van der Waals surface area contributed by atoms with Crippen LogP contribution in [0.5, 0.6) is 23.0 Å². The van der Waals surface area contributed by atoms with Crippen LogP contribution in [0.2, 0.25) is 0 Å². The summed E-state index contributed by atoms with van der Waals surface area (Å²) in [6.07, 6.45) is 6.72. The third-order valence-corrected chi connectivity index (χ3v) is 20.7. The lowest BCUT2D eigenvalue weighted by Gasteiger charge is -2.41. The highest BCUT2D eigenvalue weighted by Crippen LogP contribution is 2.59. The van der Waals surface area contributed by atoms with Gasteiger partial charge < -0.3 is 45.1 Å². The fourth-order valence-corrected chi connectivity index (χ4v) is 17.4. The van der Waals surface area contributed by atoms with E-state index in [1.807, 2.05) is 18.2 Å². The SMILES string of the molecule is CC(C)Cc1cc(-c2oc3cc(O)c4c(c3c(=O)c2O)O[C@@H]2C[C@H]3c5c-4cc(CCCO)c4cccc(c54)[C@@H](SSCCC[C@H]2O)[C@H]3O)c2c(c1O)Cc1cccc(c1)[C@@H](NC1CCCCC1)CSSC2. The largest absolute Gasteiger partial charge is 0.507 e. The minimum Gasteiger partial charge on any atom is -0.507 e. The van der Waals surface area contributed by atoms with E-state index in [0.29, 0.717) is 72.6 Å². The van der Waals surface area contributed by atoms with Gasteiger partial charge in [0.2, 0.25) is 11.2 Å². The van der Waals surface area contributed by atoms with Gasteiger partial charge in [0, 0.05) is 65.5 Å². The molecule has 374 valence electrons. The normalized spacial score (nSPS) is 23.6. The molecule has 2 fully saturated rings. The maximum Gasteiger partial charge on any atom is 0.238 e. The van der Waals surface area contributed by atoms with E-state index in [9.17, 15) is 30.6 Å². The zero-order valence-corrected chi connectivity index (χ0v) is 43.5. The summed E-state index contributed by atoms with van der Waals surface area (Å²) in [4.78, 5) is 15.3. The molecule has 11 rings (SSSR count). The third kappa shape index (κ3) is 9.25. The fourth-order valence-electron chi connectivity index (χ4n) is 12.2. The number of benzene rings is 5. The van der Waals surface area contributed by atoms with Crippen molar-refractivity contribution in [3.05, 3.63) is 115 Å². The van der Waals surface area contributed by atoms with Gasteiger partial charge in [-0.1, -0.05) is 119 Å². The molecule has 0 spiro atoms. The number of hydrogen-bond acceptors (Lipinski definition) is 14. The second-order valence-electron chi connectivity index (χ2n) is 20.7. The van der Waals surface area contributed by atoms with Crippen molar-refractivity contribution in [1.29, 1.82) is 0 Å². The number of aryl methyl sites for hydroxylation is 1. The van der Waals surface area contributed by atoms with Crippen LogP contribution >= 0.6 is 43.2 Å². The van der Waals surface area contributed by atoms with E-state index in [2.05, 4.69) is 55.6 Å². The van der Waals surface area contributed by atoms with Crippen molar-refractivity contribution in [2.24, 2.45) is 5.92 Å². The molecule has 4 heterocycles. The van der Waals surface area contributed by atoms with Crippen molar-refractivity contribution in [2.75, 3.05) is 18.1 Å². The number of nitrogens with one attached hydrogen (secondary N) is 1. The van der Waals surface area contributed by atoms with Gasteiger partial charge in [0.25, 0.3) is 0 Å². The molecule has 0 unspecified atom stereocenters. The smallest absolute Gasteiger partial charge is 0.238 e. The van der Waals surface area contributed by atoms with Crippen molar-refractivity contribution in [1.82, 2.24) is 5.32 Å². The Morgan fingerprint density at radius 1 is 0.845 bits per heavy atom. The van der Waals surface area contributed by atoms with E-state index in [0.717, 1.165) is 50.1 Å². The maximum atomic E-state index is 15.3. The van der Waals surface area contributed by atoms with Crippen LogP contribution in [0, 0.1) is 5.92 Å². The summed E-state index contributed by atoms with van der Waals surface area (Å²) >= 11 is 0. The number of aliphatic hydroxyl groups is 3. The van der Waals surface area contributed by atoms with Crippen LogP contribution in [0.3, 0.4) is 0 Å². The van der Waals surface area contributed by atoms with Gasteiger partial charge in [-0.2, -0.15) is 0 Å². The predicted octanol–water partition coefficient (Wildman–Crippen LogP) is 12.2. The van der Waals surface area contributed by atoms with Crippen LogP contribution in [-0.2, 0) is 25.0 Å². The second kappa shape index (κ2) is 20.7. The molecule has 6 atom stereocenters. The Morgan fingerprint density at radius 2 is 1.66 bits per heavy atom. The van der Waals surface area contributed by atoms with Crippen LogP contribution in [0.4, 0.5) is 0 Å². The molecule has 3 aliphatic heterocycles. The molecular weight excluding hydrogens is 971 g/mol. The Labute approximate surface area is 430 Å². The molecule has 2 aliphatic carbocycles. The van der Waals surface area contributed by atoms with Gasteiger partial charge in [-0.05, 0) is 125 Å². The Kier molecular flexibility index (Phi) is 14.4. The number of rotatable bonds is 8. The van der Waals surface area contributed by atoms with Crippen molar-refractivity contribution < 1.29 is 39.8 Å². The average Bonchev–Trinajstić information content (AvgIpc) is 3.39. The number of ether oxygens (including phenoxy) is 1. The molecule has 1 saturated carbocycles. The van der Waals surface area contributed by atoms with Crippen molar-refractivity contribution >= 4 is 64.9 Å². The molecule has 1 aromatic heterocycles. The van der Waals surface area contributed by atoms with E-state index in [-0.39, 0.29) is 69.8 Å². The summed E-state index contributed by atoms with van der Waals surface area (Å²) in [5, 5.41) is 77.4. The molecule has 0 amide bonds. The maximum absolute atomic E-state index is 15.3. The molecule has 1 saturated heterocycles. The second-order valence-corrected chi connectivity index (χ2v) is 25.9. The molecule has 0 radical (unpaired) electrons. The van der Waals surface area contributed by atoms with Crippen LogP contribution in [-0.4, -0.2) is 73.1 Å². The summed E-state index contributed by atoms with van der Waals surface area (Å²) in [5.74, 6) is 1.00.